The summed E-state index contributed by atoms with van der Waals surface area (Å²) in [7, 11) is 1.63. The lowest BCUT2D eigenvalue weighted by Crippen LogP contribution is -2.49. The minimum absolute atomic E-state index is 0.269. The van der Waals surface area contributed by atoms with Crippen LogP contribution in [0.2, 0.25) is 5.02 Å². The second kappa shape index (κ2) is 8.62. The lowest BCUT2D eigenvalue weighted by atomic mass is 9.78. The summed E-state index contributed by atoms with van der Waals surface area (Å²) in [6, 6.07) is 4.83. The van der Waals surface area contributed by atoms with Crippen molar-refractivity contribution in [1.29, 1.82) is 0 Å². The summed E-state index contributed by atoms with van der Waals surface area (Å²) < 4.78 is 0. The van der Waals surface area contributed by atoms with Gasteiger partial charge in [-0.15, -0.1) is 0 Å². The number of pyridine rings is 3. The zero-order valence-electron chi connectivity index (χ0n) is 18.8. The van der Waals surface area contributed by atoms with E-state index in [9.17, 15) is 14.4 Å². The van der Waals surface area contributed by atoms with Gasteiger partial charge in [0, 0.05) is 42.7 Å². The fourth-order valence-electron chi connectivity index (χ4n) is 4.63. The molecule has 0 aromatic carbocycles. The molecule has 2 fully saturated rings. The second-order valence-corrected chi connectivity index (χ2v) is 9.09. The van der Waals surface area contributed by atoms with Gasteiger partial charge in [-0.1, -0.05) is 17.2 Å². The third-order valence-electron chi connectivity index (χ3n) is 6.68. The Morgan fingerprint density at radius 2 is 2.03 bits per heavy atom. The Morgan fingerprint density at radius 3 is 2.71 bits per heavy atom. The number of likely N-dealkylation sites (N-methyl/N-ethyl adjacent to an activating group) is 1. The number of urea groups is 1. The molecule has 1 aliphatic heterocycles. The van der Waals surface area contributed by atoms with E-state index in [-0.39, 0.29) is 17.8 Å². The van der Waals surface area contributed by atoms with Gasteiger partial charge < -0.3 is 16.0 Å². The maximum Gasteiger partial charge on any atom is 0.324 e. The molecule has 5 rings (SSSR count). The van der Waals surface area contributed by atoms with Crippen LogP contribution in [0.1, 0.15) is 25.7 Å². The van der Waals surface area contributed by atoms with Crippen molar-refractivity contribution in [2.24, 2.45) is 0 Å². The SMILES string of the molecule is CN1C(=O)NC(=O)C12CCC(=CC(=O)Nc1cc3cc(-c4cnccc4Cl)nc(N)c3cn1)CC2. The van der Waals surface area contributed by atoms with E-state index in [1.807, 2.05) is 6.07 Å². The van der Waals surface area contributed by atoms with Gasteiger partial charge in [-0.3, -0.25) is 19.9 Å². The maximum atomic E-state index is 12.7. The third kappa shape index (κ3) is 4.06. The first-order chi connectivity index (χ1) is 16.8. The Hall–Kier alpha value is -4.05. The van der Waals surface area contributed by atoms with Gasteiger partial charge in [0.2, 0.25) is 5.91 Å². The molecule has 3 aromatic heterocycles. The number of allylic oxidation sites excluding steroid dienone is 1. The van der Waals surface area contributed by atoms with Crippen LogP contribution in [0, 0.1) is 0 Å². The van der Waals surface area contributed by atoms with Crippen LogP contribution in [0.4, 0.5) is 16.4 Å². The molecule has 1 spiro atoms. The smallest absolute Gasteiger partial charge is 0.324 e. The summed E-state index contributed by atoms with van der Waals surface area (Å²) in [5.74, 6) is 0.0663. The monoisotopic (exact) mass is 491 g/mol. The van der Waals surface area contributed by atoms with Crippen LogP contribution in [0.3, 0.4) is 0 Å². The molecule has 35 heavy (non-hydrogen) atoms. The highest BCUT2D eigenvalue weighted by molar-refractivity contribution is 6.33. The number of nitrogens with two attached hydrogens (primary N) is 1. The van der Waals surface area contributed by atoms with Crippen LogP contribution in [0.15, 0.2) is 48.4 Å². The first kappa shape index (κ1) is 22.7. The Bertz CT molecular complexity index is 1410. The summed E-state index contributed by atoms with van der Waals surface area (Å²) in [5, 5.41) is 7.05. The number of imide groups is 1. The van der Waals surface area contributed by atoms with Gasteiger partial charge in [0.1, 0.15) is 17.2 Å². The predicted molar refractivity (Wildman–Crippen MR) is 131 cm³/mol. The van der Waals surface area contributed by atoms with Gasteiger partial charge in [-0.25, -0.2) is 14.8 Å². The molecule has 0 radical (unpaired) electrons. The summed E-state index contributed by atoms with van der Waals surface area (Å²) in [4.78, 5) is 51.1. The molecule has 0 atom stereocenters. The van der Waals surface area contributed by atoms with Crippen molar-refractivity contribution in [2.45, 2.75) is 31.2 Å². The van der Waals surface area contributed by atoms with Crippen molar-refractivity contribution in [1.82, 2.24) is 25.2 Å². The number of nitrogens with zero attached hydrogens (tertiary/aromatic N) is 4. The largest absolute Gasteiger partial charge is 0.383 e. The average molecular weight is 492 g/mol. The zero-order chi connectivity index (χ0) is 24.7. The van der Waals surface area contributed by atoms with Crippen LogP contribution < -0.4 is 16.4 Å². The van der Waals surface area contributed by atoms with Crippen LogP contribution in [-0.4, -0.2) is 50.3 Å². The molecular formula is C24H22ClN7O3. The minimum Gasteiger partial charge on any atom is -0.383 e. The van der Waals surface area contributed by atoms with Crippen LogP contribution in [0.5, 0.6) is 0 Å². The normalized spacial score (nSPS) is 19.8. The summed E-state index contributed by atoms with van der Waals surface area (Å²) in [6.07, 6.45) is 8.33. The van der Waals surface area contributed by atoms with Crippen molar-refractivity contribution in [3.63, 3.8) is 0 Å². The summed E-state index contributed by atoms with van der Waals surface area (Å²) in [6.45, 7) is 0. The van der Waals surface area contributed by atoms with Gasteiger partial charge in [-0.05, 0) is 49.3 Å². The van der Waals surface area contributed by atoms with E-state index in [0.717, 1.165) is 11.0 Å². The zero-order valence-corrected chi connectivity index (χ0v) is 19.6. The molecule has 2 aliphatic rings. The summed E-state index contributed by atoms with van der Waals surface area (Å²) >= 11 is 6.28. The van der Waals surface area contributed by atoms with E-state index in [0.29, 0.717) is 59.0 Å². The molecular weight excluding hydrogens is 470 g/mol. The first-order valence-electron chi connectivity index (χ1n) is 11.0. The van der Waals surface area contributed by atoms with Gasteiger partial charge >= 0.3 is 6.03 Å². The quantitative estimate of drug-likeness (QED) is 0.376. The van der Waals surface area contributed by atoms with Crippen molar-refractivity contribution in [3.8, 4) is 11.3 Å². The van der Waals surface area contributed by atoms with Crippen molar-refractivity contribution >= 4 is 51.9 Å². The molecule has 1 aliphatic carbocycles. The van der Waals surface area contributed by atoms with Crippen molar-refractivity contribution in [3.05, 3.63) is 53.5 Å². The van der Waals surface area contributed by atoms with Gasteiger partial charge in [0.05, 0.1) is 10.7 Å². The molecule has 1 saturated carbocycles. The van der Waals surface area contributed by atoms with E-state index >= 15 is 0 Å². The number of carbonyl (C=O) groups is 3. The number of hydrogen-bond acceptors (Lipinski definition) is 7. The van der Waals surface area contributed by atoms with Crippen LogP contribution >= 0.6 is 11.6 Å². The second-order valence-electron chi connectivity index (χ2n) is 8.68. The van der Waals surface area contributed by atoms with E-state index < -0.39 is 5.54 Å². The van der Waals surface area contributed by atoms with E-state index in [4.69, 9.17) is 17.3 Å². The highest BCUT2D eigenvalue weighted by atomic mass is 35.5. The lowest BCUT2D eigenvalue weighted by Gasteiger charge is -2.36. The number of rotatable bonds is 3. The molecule has 4 heterocycles. The molecule has 0 unspecified atom stereocenters. The minimum atomic E-state index is -0.826. The van der Waals surface area contributed by atoms with Gasteiger partial charge in [0.25, 0.3) is 5.91 Å². The van der Waals surface area contributed by atoms with E-state index in [2.05, 4.69) is 25.6 Å². The molecule has 11 heteroatoms. The third-order valence-corrected chi connectivity index (χ3v) is 7.01. The summed E-state index contributed by atoms with van der Waals surface area (Å²) in [5.41, 5.74) is 7.43. The van der Waals surface area contributed by atoms with E-state index in [1.54, 1.807) is 37.8 Å². The predicted octanol–water partition coefficient (Wildman–Crippen LogP) is 3.29. The number of amides is 4. The van der Waals surface area contributed by atoms with Gasteiger partial charge in [-0.2, -0.15) is 0 Å². The molecule has 10 nitrogen and oxygen atoms in total. The lowest BCUT2D eigenvalue weighted by molar-refractivity contribution is -0.127. The Balaban J connectivity index is 1.33. The molecule has 1 saturated heterocycles. The average Bonchev–Trinajstić information content (AvgIpc) is 3.03. The number of hydrogen-bond donors (Lipinski definition) is 3. The number of nitrogens with one attached hydrogen (secondary N) is 2. The molecule has 3 aromatic rings. The highest BCUT2D eigenvalue weighted by Crippen LogP contribution is 2.38. The van der Waals surface area contributed by atoms with Crippen molar-refractivity contribution < 1.29 is 14.4 Å². The number of aromatic nitrogens is 3. The standard InChI is InChI=1S/C24H22ClN7O3/c1-32-23(35)31-22(34)24(32)5-2-13(3-6-24)8-20(33)30-19-10-14-9-18(16-11-27-7-4-17(16)25)29-21(26)15(14)12-28-19/h4,7-12H,2-3,5-6H2,1H3,(H2,26,29)(H,28,30,33)(H,31,34,35). The first-order valence-corrected chi connectivity index (χ1v) is 11.4. The molecule has 4 N–H and O–H groups in total. The number of halogens is 1. The van der Waals surface area contributed by atoms with Gasteiger partial charge in [0.15, 0.2) is 0 Å². The Morgan fingerprint density at radius 1 is 1.26 bits per heavy atom. The molecule has 4 amide bonds. The molecule has 178 valence electrons. The number of nitrogen functional groups attached to an aromatic ring is 1. The Kier molecular flexibility index (Phi) is 5.60. The highest BCUT2D eigenvalue weighted by Gasteiger charge is 2.51. The maximum absolute atomic E-state index is 12.7. The number of carbonyl (C=O) groups excluding carboxylic acids is 3. The molecule has 0 bridgehead atoms. The van der Waals surface area contributed by atoms with Crippen LogP contribution in [0.25, 0.3) is 22.0 Å². The van der Waals surface area contributed by atoms with Crippen LogP contribution in [-0.2, 0) is 9.59 Å². The number of anilines is 2. The fourth-order valence-corrected chi connectivity index (χ4v) is 4.83. The Labute approximate surface area is 205 Å². The van der Waals surface area contributed by atoms with Crippen molar-refractivity contribution in [2.75, 3.05) is 18.1 Å². The fraction of sp³-hybridized carbons (Fsp3) is 0.250. The number of fused-ring (bicyclic) bond motifs is 1. The topological polar surface area (TPSA) is 143 Å². The van der Waals surface area contributed by atoms with E-state index in [1.165, 1.54) is 11.0 Å².